The molecule has 234 valence electrons. The summed E-state index contributed by atoms with van der Waals surface area (Å²) in [5, 5.41) is 14.6. The van der Waals surface area contributed by atoms with Crippen molar-refractivity contribution in [2.24, 2.45) is 0 Å². The Hall–Kier alpha value is -4.51. The summed E-state index contributed by atoms with van der Waals surface area (Å²) in [7, 11) is 0. The van der Waals surface area contributed by atoms with Gasteiger partial charge in [-0.3, -0.25) is 10.1 Å². The summed E-state index contributed by atoms with van der Waals surface area (Å²) in [4.78, 5) is 46.3. The zero-order valence-electron chi connectivity index (χ0n) is 26.1. The van der Waals surface area contributed by atoms with Gasteiger partial charge in [-0.2, -0.15) is 4.84 Å². The van der Waals surface area contributed by atoms with Gasteiger partial charge in [0, 0.05) is 12.0 Å². The Balaban J connectivity index is 1.36. The topological polar surface area (TPSA) is 123 Å². The SMILES string of the molecule is Cc1cccc(Cc2nnc(C(C)(C)C(C=O)NC(C)O[N@@+]3(Cc4ccccc4)CC(=O)NC(Cc4ccccc4)C3=O)o2)c1. The van der Waals surface area contributed by atoms with E-state index in [2.05, 4.69) is 26.9 Å². The van der Waals surface area contributed by atoms with Crippen LogP contribution in [0.5, 0.6) is 0 Å². The second-order valence-electron chi connectivity index (χ2n) is 12.3. The van der Waals surface area contributed by atoms with Crippen molar-refractivity contribution in [3.8, 4) is 0 Å². The Morgan fingerprint density at radius 3 is 2.33 bits per heavy atom. The van der Waals surface area contributed by atoms with Crippen LogP contribution in [0.1, 0.15) is 54.8 Å². The lowest BCUT2D eigenvalue weighted by Crippen LogP contribution is -2.70. The Labute approximate surface area is 263 Å². The molecule has 45 heavy (non-hydrogen) atoms. The zero-order valence-corrected chi connectivity index (χ0v) is 26.1. The van der Waals surface area contributed by atoms with Gasteiger partial charge in [-0.15, -0.1) is 14.8 Å². The lowest BCUT2D eigenvalue weighted by molar-refractivity contribution is -1.06. The molecule has 1 aliphatic rings. The third kappa shape index (κ3) is 7.59. The van der Waals surface area contributed by atoms with Crippen LogP contribution in [0.3, 0.4) is 0 Å². The fourth-order valence-electron chi connectivity index (χ4n) is 5.74. The lowest BCUT2D eigenvalue weighted by Gasteiger charge is -2.41. The van der Waals surface area contributed by atoms with E-state index in [-0.39, 0.29) is 24.9 Å². The highest BCUT2D eigenvalue weighted by molar-refractivity contribution is 5.89. The Morgan fingerprint density at radius 2 is 1.67 bits per heavy atom. The number of carbonyl (C=O) groups excluding carboxylic acids is 3. The number of benzene rings is 3. The van der Waals surface area contributed by atoms with Crippen LogP contribution in [0.15, 0.2) is 89.3 Å². The van der Waals surface area contributed by atoms with Gasteiger partial charge >= 0.3 is 5.91 Å². The van der Waals surface area contributed by atoms with E-state index in [1.54, 1.807) is 6.92 Å². The Morgan fingerprint density at radius 1 is 1.00 bits per heavy atom. The molecule has 1 saturated heterocycles. The summed E-state index contributed by atoms with van der Waals surface area (Å²) >= 11 is 0. The molecule has 4 atom stereocenters. The number of hydrogen-bond acceptors (Lipinski definition) is 8. The number of hydrogen-bond donors (Lipinski definition) is 2. The predicted octanol–water partition coefficient (Wildman–Crippen LogP) is 3.97. The monoisotopic (exact) mass is 610 g/mol. The van der Waals surface area contributed by atoms with E-state index in [1.165, 1.54) is 0 Å². The van der Waals surface area contributed by atoms with Gasteiger partial charge in [0.15, 0.2) is 18.8 Å². The van der Waals surface area contributed by atoms with Gasteiger partial charge in [0.2, 0.25) is 11.8 Å². The molecule has 4 aromatic rings. The van der Waals surface area contributed by atoms with E-state index < -0.39 is 28.4 Å². The molecule has 3 unspecified atom stereocenters. The van der Waals surface area contributed by atoms with Gasteiger partial charge < -0.3 is 14.5 Å². The molecule has 2 amide bonds. The molecule has 2 N–H and O–H groups in total. The first-order valence-electron chi connectivity index (χ1n) is 15.1. The highest BCUT2D eigenvalue weighted by atomic mass is 16.7. The van der Waals surface area contributed by atoms with Crippen LogP contribution in [0.2, 0.25) is 0 Å². The van der Waals surface area contributed by atoms with Crippen molar-refractivity contribution in [3.05, 3.63) is 119 Å². The highest BCUT2D eigenvalue weighted by Gasteiger charge is 2.52. The molecule has 1 aliphatic heterocycles. The molecular formula is C35H40N5O5+. The lowest BCUT2D eigenvalue weighted by atomic mass is 9.85. The Kier molecular flexibility index (Phi) is 9.67. The van der Waals surface area contributed by atoms with Gasteiger partial charge in [0.05, 0.1) is 17.9 Å². The second-order valence-corrected chi connectivity index (χ2v) is 12.3. The van der Waals surface area contributed by atoms with Gasteiger partial charge in [0.25, 0.3) is 5.91 Å². The predicted molar refractivity (Wildman–Crippen MR) is 167 cm³/mol. The summed E-state index contributed by atoms with van der Waals surface area (Å²) < 4.78 is 5.47. The van der Waals surface area contributed by atoms with Crippen molar-refractivity contribution in [2.45, 2.75) is 70.8 Å². The number of nitrogens with one attached hydrogen (secondary N) is 2. The number of carbonyl (C=O) groups is 3. The first kappa shape index (κ1) is 31.9. The van der Waals surface area contributed by atoms with E-state index in [9.17, 15) is 14.4 Å². The van der Waals surface area contributed by atoms with Crippen molar-refractivity contribution in [1.82, 2.24) is 20.8 Å². The second kappa shape index (κ2) is 13.6. The van der Waals surface area contributed by atoms with E-state index >= 15 is 0 Å². The van der Waals surface area contributed by atoms with Crippen LogP contribution in [0, 0.1) is 6.92 Å². The molecule has 0 saturated carbocycles. The van der Waals surface area contributed by atoms with Crippen LogP contribution < -0.4 is 10.6 Å². The quantitative estimate of drug-likeness (QED) is 0.133. The zero-order chi connectivity index (χ0) is 32.0. The van der Waals surface area contributed by atoms with E-state index in [4.69, 9.17) is 9.25 Å². The fraction of sp³-hybridized carbons (Fsp3) is 0.343. The smallest absolute Gasteiger partial charge is 0.369 e. The first-order chi connectivity index (χ1) is 21.6. The summed E-state index contributed by atoms with van der Waals surface area (Å²) in [6, 6.07) is 25.5. The number of aromatic nitrogens is 2. The molecule has 0 radical (unpaired) electrons. The number of quaternary nitrogens is 1. The van der Waals surface area contributed by atoms with E-state index in [0.29, 0.717) is 24.6 Å². The maximum Gasteiger partial charge on any atom is 0.369 e. The minimum Gasteiger partial charge on any atom is -0.424 e. The molecular weight excluding hydrogens is 570 g/mol. The van der Waals surface area contributed by atoms with Crippen LogP contribution in [0.4, 0.5) is 0 Å². The average Bonchev–Trinajstić information content (AvgIpc) is 3.49. The largest absolute Gasteiger partial charge is 0.424 e. The van der Waals surface area contributed by atoms with Crippen molar-refractivity contribution in [3.63, 3.8) is 0 Å². The molecule has 0 bridgehead atoms. The van der Waals surface area contributed by atoms with Crippen molar-refractivity contribution in [1.29, 1.82) is 0 Å². The maximum absolute atomic E-state index is 14.2. The number of amides is 2. The summed E-state index contributed by atoms with van der Waals surface area (Å²) in [5.41, 5.74) is 3.02. The number of hydroxylamine groups is 3. The van der Waals surface area contributed by atoms with Gasteiger partial charge in [-0.05, 0) is 38.8 Å². The average molecular weight is 611 g/mol. The molecule has 10 heteroatoms. The summed E-state index contributed by atoms with van der Waals surface area (Å²) in [6.07, 6.45) is 0.758. The first-order valence-corrected chi connectivity index (χ1v) is 15.1. The molecule has 2 heterocycles. The normalized spacial score (nSPS) is 20.0. The molecule has 1 aromatic heterocycles. The number of piperazine rings is 1. The maximum atomic E-state index is 14.2. The highest BCUT2D eigenvalue weighted by Crippen LogP contribution is 2.28. The molecule has 3 aromatic carbocycles. The number of rotatable bonds is 13. The van der Waals surface area contributed by atoms with E-state index in [1.807, 2.05) is 99.6 Å². The van der Waals surface area contributed by atoms with Crippen LogP contribution in [0.25, 0.3) is 0 Å². The minimum atomic E-state index is -0.916. The van der Waals surface area contributed by atoms with Gasteiger partial charge in [-0.25, -0.2) is 4.79 Å². The number of nitrogens with zero attached hydrogens (tertiary/aromatic N) is 3. The van der Waals surface area contributed by atoms with Crippen LogP contribution >= 0.6 is 0 Å². The molecule has 1 fully saturated rings. The van der Waals surface area contributed by atoms with Crippen LogP contribution in [-0.4, -0.2) is 57.8 Å². The van der Waals surface area contributed by atoms with E-state index in [0.717, 1.165) is 28.5 Å². The number of aryl methyl sites for hydroxylation is 1. The number of aldehydes is 1. The van der Waals surface area contributed by atoms with Crippen molar-refractivity contribution < 1.29 is 28.3 Å². The molecule has 10 nitrogen and oxygen atoms in total. The molecule has 0 aliphatic carbocycles. The third-order valence-corrected chi connectivity index (χ3v) is 8.14. The standard InChI is InChI=1S/C35H39N5O5/c1-24-12-11-17-28(18-24)20-32-38-39-34(44-32)35(3,4)30(23-41)36-25(2)45-40(21-27-15-9-6-10-16-27)22-31(42)37-29(33(40)43)19-26-13-7-5-8-14-26/h5-18,23,25,29-30,36H,19-22H2,1-4H3/p+1/t25?,29?,30?,40-/m0/s1. The van der Waals surface area contributed by atoms with Crippen molar-refractivity contribution >= 4 is 18.1 Å². The summed E-state index contributed by atoms with van der Waals surface area (Å²) in [6.45, 7) is 7.35. The van der Waals surface area contributed by atoms with Crippen molar-refractivity contribution in [2.75, 3.05) is 6.54 Å². The van der Waals surface area contributed by atoms with Gasteiger partial charge in [0.1, 0.15) is 12.8 Å². The summed E-state index contributed by atoms with van der Waals surface area (Å²) in [5.74, 6) is 0.180. The third-order valence-electron chi connectivity index (χ3n) is 8.14. The Bertz CT molecular complexity index is 1620. The minimum absolute atomic E-state index is 0.144. The van der Waals surface area contributed by atoms with Gasteiger partial charge in [-0.1, -0.05) is 90.5 Å². The fourth-order valence-corrected chi connectivity index (χ4v) is 5.74. The van der Waals surface area contributed by atoms with Crippen LogP contribution in [-0.2, 0) is 44.0 Å². The molecule has 5 rings (SSSR count). The molecule has 0 spiro atoms.